The molecule has 1 N–H and O–H groups in total. The van der Waals surface area contributed by atoms with Gasteiger partial charge in [-0.1, -0.05) is 29.8 Å². The Morgan fingerprint density at radius 1 is 0.900 bits per heavy atom. The van der Waals surface area contributed by atoms with Crippen molar-refractivity contribution in [1.29, 1.82) is 0 Å². The molecule has 0 saturated heterocycles. The highest BCUT2D eigenvalue weighted by Gasteiger charge is 2.45. The smallest absolute Gasteiger partial charge is 0.290 e. The van der Waals surface area contributed by atoms with E-state index in [9.17, 15) is 14.7 Å². The molecule has 0 saturated carbocycles. The average Bonchev–Trinajstić information content (AvgIpc) is 3.51. The van der Waals surface area contributed by atoms with Crippen LogP contribution in [-0.4, -0.2) is 50.1 Å². The van der Waals surface area contributed by atoms with Crippen LogP contribution in [0.5, 0.6) is 23.0 Å². The molecular weight excluding hydrogens is 538 g/mol. The van der Waals surface area contributed by atoms with E-state index in [0.29, 0.717) is 44.6 Å². The highest BCUT2D eigenvalue weighted by atomic mass is 35.5. The Bertz CT molecular complexity index is 1640. The van der Waals surface area contributed by atoms with E-state index in [1.807, 2.05) is 12.1 Å². The molecule has 1 amide bonds. The number of ketones is 1. The van der Waals surface area contributed by atoms with Crippen molar-refractivity contribution in [3.63, 3.8) is 0 Å². The number of benzene rings is 3. The largest absolute Gasteiger partial charge is 0.503 e. The van der Waals surface area contributed by atoms with E-state index in [2.05, 4.69) is 0 Å². The Morgan fingerprint density at radius 2 is 1.60 bits per heavy atom. The zero-order valence-corrected chi connectivity index (χ0v) is 22.9. The maximum Gasteiger partial charge on any atom is 0.290 e. The van der Waals surface area contributed by atoms with E-state index in [1.54, 1.807) is 49.6 Å². The molecule has 206 valence electrons. The Balaban J connectivity index is 1.62. The van der Waals surface area contributed by atoms with Crippen LogP contribution in [0.1, 0.15) is 27.7 Å². The Hall–Kier alpha value is -4.63. The third-order valence-electron chi connectivity index (χ3n) is 6.77. The lowest BCUT2D eigenvalue weighted by atomic mass is 9.94. The minimum absolute atomic E-state index is 0.0818. The summed E-state index contributed by atoms with van der Waals surface area (Å²) in [6, 6.07) is 16.0. The molecule has 3 aromatic carbocycles. The van der Waals surface area contributed by atoms with Gasteiger partial charge in [-0.05, 0) is 47.5 Å². The molecule has 1 aliphatic heterocycles. The van der Waals surface area contributed by atoms with Crippen LogP contribution in [0.25, 0.3) is 11.0 Å². The first kappa shape index (κ1) is 27.0. The van der Waals surface area contributed by atoms with E-state index < -0.39 is 23.5 Å². The highest BCUT2D eigenvalue weighted by molar-refractivity contribution is 6.31. The van der Waals surface area contributed by atoms with Crippen LogP contribution in [0.4, 0.5) is 0 Å². The molecule has 0 aliphatic carbocycles. The number of rotatable bonds is 9. The maximum absolute atomic E-state index is 14.0. The van der Waals surface area contributed by atoms with E-state index >= 15 is 0 Å². The number of aliphatic hydroxyl groups excluding tert-OH is 1. The Morgan fingerprint density at radius 3 is 2.25 bits per heavy atom. The molecule has 5 rings (SSSR count). The van der Waals surface area contributed by atoms with E-state index in [4.69, 9.17) is 35.0 Å². The van der Waals surface area contributed by atoms with Gasteiger partial charge in [0.25, 0.3) is 5.91 Å². The standard InChI is InChI=1S/C30H26ClNO8/c1-36-20-8-5-16(6-9-20)15-32-26(17-7-10-21(37-2)22(12-17)38-3)25(28(34)30(32)35)27(33)23-13-18-11-19(31)14-24(39-4)29(18)40-23/h5-14,26,34H,15H2,1-4H3. The van der Waals surface area contributed by atoms with Crippen LogP contribution in [0, 0.1) is 0 Å². The van der Waals surface area contributed by atoms with Crippen LogP contribution < -0.4 is 18.9 Å². The highest BCUT2D eigenvalue weighted by Crippen LogP contribution is 2.43. The van der Waals surface area contributed by atoms with Gasteiger partial charge in [0, 0.05) is 23.0 Å². The third-order valence-corrected chi connectivity index (χ3v) is 6.99. The van der Waals surface area contributed by atoms with Gasteiger partial charge in [0.15, 0.2) is 34.4 Å². The number of hydrogen-bond acceptors (Lipinski definition) is 8. The van der Waals surface area contributed by atoms with Crippen LogP contribution in [0.15, 0.2) is 76.4 Å². The first-order chi connectivity index (χ1) is 19.3. The number of ether oxygens (including phenoxy) is 4. The van der Waals surface area contributed by atoms with Crippen LogP contribution in [0.2, 0.25) is 5.02 Å². The second-order valence-corrected chi connectivity index (χ2v) is 9.46. The first-order valence-electron chi connectivity index (χ1n) is 12.2. The van der Waals surface area contributed by atoms with Gasteiger partial charge in [-0.25, -0.2) is 0 Å². The van der Waals surface area contributed by atoms with Gasteiger partial charge >= 0.3 is 0 Å². The lowest BCUT2D eigenvalue weighted by Crippen LogP contribution is -2.30. The summed E-state index contributed by atoms with van der Waals surface area (Å²) in [5.74, 6) is -0.221. The first-order valence-corrected chi connectivity index (χ1v) is 12.6. The van der Waals surface area contributed by atoms with Crippen molar-refractivity contribution in [3.8, 4) is 23.0 Å². The number of aliphatic hydroxyl groups is 1. The Labute approximate surface area is 235 Å². The van der Waals surface area contributed by atoms with Gasteiger partial charge < -0.3 is 33.4 Å². The molecule has 0 spiro atoms. The SMILES string of the molecule is COc1ccc(CN2C(=O)C(O)=C(C(=O)c3cc4cc(Cl)cc(OC)c4o3)C2c2ccc(OC)c(OC)c2)cc1. The molecule has 0 radical (unpaired) electrons. The number of nitrogens with zero attached hydrogens (tertiary/aromatic N) is 1. The lowest BCUT2D eigenvalue weighted by molar-refractivity contribution is -0.130. The molecule has 1 aliphatic rings. The van der Waals surface area contributed by atoms with Crippen molar-refractivity contribution < 1.29 is 38.1 Å². The average molecular weight is 564 g/mol. The fourth-order valence-corrected chi connectivity index (χ4v) is 5.04. The fraction of sp³-hybridized carbons (Fsp3) is 0.200. The zero-order chi connectivity index (χ0) is 28.6. The van der Waals surface area contributed by atoms with Crippen molar-refractivity contribution in [1.82, 2.24) is 4.90 Å². The molecule has 9 nitrogen and oxygen atoms in total. The summed E-state index contributed by atoms with van der Waals surface area (Å²) in [5.41, 5.74) is 1.49. The molecule has 1 aromatic heterocycles. The quantitative estimate of drug-likeness (QED) is 0.251. The molecule has 40 heavy (non-hydrogen) atoms. The number of amides is 1. The second kappa shape index (κ2) is 10.9. The third kappa shape index (κ3) is 4.69. The molecule has 2 heterocycles. The number of methoxy groups -OCH3 is 4. The lowest BCUT2D eigenvalue weighted by Gasteiger charge is -2.27. The van der Waals surface area contributed by atoms with Crippen molar-refractivity contribution in [2.24, 2.45) is 0 Å². The monoisotopic (exact) mass is 563 g/mol. The summed E-state index contributed by atoms with van der Waals surface area (Å²) in [6.07, 6.45) is 0. The summed E-state index contributed by atoms with van der Waals surface area (Å²) in [7, 11) is 6.02. The van der Waals surface area contributed by atoms with Gasteiger partial charge in [-0.3, -0.25) is 9.59 Å². The summed E-state index contributed by atoms with van der Waals surface area (Å²) in [5, 5.41) is 12.0. The predicted molar refractivity (Wildman–Crippen MR) is 148 cm³/mol. The number of carbonyl (C=O) groups is 2. The van der Waals surface area contributed by atoms with Crippen LogP contribution in [-0.2, 0) is 11.3 Å². The molecule has 0 fully saturated rings. The van der Waals surface area contributed by atoms with E-state index in [1.165, 1.54) is 32.3 Å². The summed E-state index contributed by atoms with van der Waals surface area (Å²) < 4.78 is 27.3. The number of fused-ring (bicyclic) bond motifs is 1. The molecule has 0 bridgehead atoms. The van der Waals surface area contributed by atoms with Gasteiger partial charge in [0.1, 0.15) is 5.75 Å². The number of hydrogen-bond donors (Lipinski definition) is 1. The topological polar surface area (TPSA) is 108 Å². The number of furan rings is 1. The predicted octanol–water partition coefficient (Wildman–Crippen LogP) is 5.90. The summed E-state index contributed by atoms with van der Waals surface area (Å²) in [6.45, 7) is 0.103. The van der Waals surface area contributed by atoms with Gasteiger partial charge in [-0.15, -0.1) is 0 Å². The van der Waals surface area contributed by atoms with Gasteiger partial charge in [0.2, 0.25) is 5.78 Å². The van der Waals surface area contributed by atoms with Crippen LogP contribution >= 0.6 is 11.6 Å². The fourth-order valence-electron chi connectivity index (χ4n) is 4.83. The van der Waals surface area contributed by atoms with Crippen LogP contribution in [0.3, 0.4) is 0 Å². The maximum atomic E-state index is 14.0. The molecule has 10 heteroatoms. The van der Waals surface area contributed by atoms with Crippen molar-refractivity contribution >= 4 is 34.3 Å². The number of carbonyl (C=O) groups excluding carboxylic acids is 2. The second-order valence-electron chi connectivity index (χ2n) is 9.03. The summed E-state index contributed by atoms with van der Waals surface area (Å²) in [4.78, 5) is 28.9. The molecule has 1 unspecified atom stereocenters. The number of halogens is 1. The van der Waals surface area contributed by atoms with E-state index in [-0.39, 0.29) is 17.9 Å². The molecule has 4 aromatic rings. The van der Waals surface area contributed by atoms with E-state index in [0.717, 1.165) is 5.56 Å². The minimum Gasteiger partial charge on any atom is -0.503 e. The molecular formula is C30H26ClNO8. The number of Topliss-reactive ketones (excluding diaryl/α,β-unsaturated/α-hetero) is 1. The summed E-state index contributed by atoms with van der Waals surface area (Å²) >= 11 is 6.20. The Kier molecular flexibility index (Phi) is 7.32. The minimum atomic E-state index is -0.958. The zero-order valence-electron chi connectivity index (χ0n) is 22.2. The van der Waals surface area contributed by atoms with Crippen molar-refractivity contribution in [2.75, 3.05) is 28.4 Å². The van der Waals surface area contributed by atoms with Crippen molar-refractivity contribution in [2.45, 2.75) is 12.6 Å². The molecule has 1 atom stereocenters. The van der Waals surface area contributed by atoms with Gasteiger partial charge in [0.05, 0.1) is 40.1 Å². The van der Waals surface area contributed by atoms with Crippen molar-refractivity contribution in [3.05, 3.63) is 93.9 Å². The van der Waals surface area contributed by atoms with Gasteiger partial charge in [-0.2, -0.15) is 0 Å². The normalized spacial score (nSPS) is 15.1.